The van der Waals surface area contributed by atoms with Gasteiger partial charge in [-0.3, -0.25) is 0 Å². The van der Waals surface area contributed by atoms with E-state index in [0.717, 1.165) is 19.1 Å². The third-order valence-corrected chi connectivity index (χ3v) is 4.49. The van der Waals surface area contributed by atoms with Gasteiger partial charge in [0.1, 0.15) is 0 Å². The van der Waals surface area contributed by atoms with Crippen molar-refractivity contribution < 1.29 is 4.74 Å². The second kappa shape index (κ2) is 4.79. The van der Waals surface area contributed by atoms with Crippen molar-refractivity contribution in [2.75, 3.05) is 13.2 Å². The molecular formula is C15H21NO. The Morgan fingerprint density at radius 3 is 2.65 bits per heavy atom. The summed E-state index contributed by atoms with van der Waals surface area (Å²) in [6.07, 6.45) is 4.84. The van der Waals surface area contributed by atoms with Crippen molar-refractivity contribution in [3.63, 3.8) is 0 Å². The lowest BCUT2D eigenvalue weighted by Gasteiger charge is -2.38. The molecule has 1 aliphatic carbocycles. The Morgan fingerprint density at radius 2 is 1.82 bits per heavy atom. The Hall–Kier alpha value is -0.860. The third-order valence-electron chi connectivity index (χ3n) is 4.49. The summed E-state index contributed by atoms with van der Waals surface area (Å²) in [4.78, 5) is 0. The SMILES string of the molecule is N[C@H]1c2ccccc2CC[C@@H]1C1CCOCC1. The Bertz CT molecular complexity index is 384. The molecule has 0 bridgehead atoms. The van der Waals surface area contributed by atoms with Crippen LogP contribution in [0.15, 0.2) is 24.3 Å². The number of ether oxygens (including phenoxy) is 1. The molecule has 3 rings (SSSR count). The van der Waals surface area contributed by atoms with Gasteiger partial charge in [-0.15, -0.1) is 0 Å². The summed E-state index contributed by atoms with van der Waals surface area (Å²) in [5.41, 5.74) is 9.33. The van der Waals surface area contributed by atoms with Gasteiger partial charge in [-0.05, 0) is 48.6 Å². The van der Waals surface area contributed by atoms with E-state index < -0.39 is 0 Å². The molecule has 2 heteroatoms. The fourth-order valence-electron chi connectivity index (χ4n) is 3.49. The number of fused-ring (bicyclic) bond motifs is 1. The zero-order valence-corrected chi connectivity index (χ0v) is 10.3. The molecule has 2 nitrogen and oxygen atoms in total. The van der Waals surface area contributed by atoms with E-state index in [1.165, 1.54) is 36.8 Å². The zero-order valence-electron chi connectivity index (χ0n) is 10.3. The molecule has 0 unspecified atom stereocenters. The number of rotatable bonds is 1. The topological polar surface area (TPSA) is 35.2 Å². The maximum atomic E-state index is 6.48. The molecule has 1 aromatic carbocycles. The van der Waals surface area contributed by atoms with E-state index in [-0.39, 0.29) is 6.04 Å². The molecule has 2 aliphatic rings. The van der Waals surface area contributed by atoms with E-state index in [2.05, 4.69) is 24.3 Å². The zero-order chi connectivity index (χ0) is 11.7. The molecule has 92 valence electrons. The van der Waals surface area contributed by atoms with Gasteiger partial charge in [0.25, 0.3) is 0 Å². The lowest BCUT2D eigenvalue weighted by atomic mass is 9.71. The van der Waals surface area contributed by atoms with Crippen molar-refractivity contribution >= 4 is 0 Å². The molecule has 2 N–H and O–H groups in total. The van der Waals surface area contributed by atoms with Gasteiger partial charge >= 0.3 is 0 Å². The quantitative estimate of drug-likeness (QED) is 0.806. The fraction of sp³-hybridized carbons (Fsp3) is 0.600. The minimum Gasteiger partial charge on any atom is -0.381 e. The lowest BCUT2D eigenvalue weighted by Crippen LogP contribution is -2.35. The summed E-state index contributed by atoms with van der Waals surface area (Å²) < 4.78 is 5.45. The number of hydrogen-bond donors (Lipinski definition) is 1. The van der Waals surface area contributed by atoms with E-state index in [1.807, 2.05) is 0 Å². The second-order valence-corrected chi connectivity index (χ2v) is 5.38. The number of benzene rings is 1. The number of nitrogens with two attached hydrogens (primary N) is 1. The first kappa shape index (κ1) is 11.2. The van der Waals surface area contributed by atoms with Crippen LogP contribution in [-0.2, 0) is 11.2 Å². The first-order valence-corrected chi connectivity index (χ1v) is 6.77. The van der Waals surface area contributed by atoms with Gasteiger partial charge in [0.05, 0.1) is 0 Å². The molecule has 0 amide bonds. The van der Waals surface area contributed by atoms with Gasteiger partial charge in [0.15, 0.2) is 0 Å². The van der Waals surface area contributed by atoms with Crippen LogP contribution in [0.2, 0.25) is 0 Å². The average molecular weight is 231 g/mol. The van der Waals surface area contributed by atoms with Gasteiger partial charge in [-0.2, -0.15) is 0 Å². The summed E-state index contributed by atoms with van der Waals surface area (Å²) in [6.45, 7) is 1.85. The summed E-state index contributed by atoms with van der Waals surface area (Å²) in [5.74, 6) is 1.43. The van der Waals surface area contributed by atoms with Crippen LogP contribution in [0.25, 0.3) is 0 Å². The molecule has 2 atom stereocenters. The Labute approximate surface area is 103 Å². The normalized spacial score (nSPS) is 29.9. The molecule has 1 heterocycles. The van der Waals surface area contributed by atoms with Crippen molar-refractivity contribution in [2.24, 2.45) is 17.6 Å². The lowest BCUT2D eigenvalue weighted by molar-refractivity contribution is 0.0381. The third kappa shape index (κ3) is 2.12. The smallest absolute Gasteiger partial charge is 0.0468 e. The highest BCUT2D eigenvalue weighted by Crippen LogP contribution is 2.40. The molecule has 0 spiro atoms. The van der Waals surface area contributed by atoms with Crippen molar-refractivity contribution in [3.05, 3.63) is 35.4 Å². The van der Waals surface area contributed by atoms with E-state index in [9.17, 15) is 0 Å². The maximum absolute atomic E-state index is 6.48. The van der Waals surface area contributed by atoms with Crippen molar-refractivity contribution in [1.29, 1.82) is 0 Å². The average Bonchev–Trinajstić information content (AvgIpc) is 2.40. The van der Waals surface area contributed by atoms with Crippen LogP contribution in [0.4, 0.5) is 0 Å². The first-order chi connectivity index (χ1) is 8.36. The van der Waals surface area contributed by atoms with Gasteiger partial charge in [0.2, 0.25) is 0 Å². The molecule has 0 radical (unpaired) electrons. The van der Waals surface area contributed by atoms with Gasteiger partial charge < -0.3 is 10.5 Å². The van der Waals surface area contributed by atoms with E-state index in [1.54, 1.807) is 0 Å². The van der Waals surface area contributed by atoms with Gasteiger partial charge in [-0.25, -0.2) is 0 Å². The van der Waals surface area contributed by atoms with Gasteiger partial charge in [0, 0.05) is 19.3 Å². The van der Waals surface area contributed by atoms with Crippen molar-refractivity contribution in [2.45, 2.75) is 31.7 Å². The molecule has 1 saturated heterocycles. The Morgan fingerprint density at radius 1 is 1.06 bits per heavy atom. The predicted octanol–water partition coefficient (Wildman–Crippen LogP) is 2.68. The largest absolute Gasteiger partial charge is 0.381 e. The predicted molar refractivity (Wildman–Crippen MR) is 68.7 cm³/mol. The highest BCUT2D eigenvalue weighted by Gasteiger charge is 2.33. The summed E-state index contributed by atoms with van der Waals surface area (Å²) in [6, 6.07) is 8.93. The van der Waals surface area contributed by atoms with Crippen LogP contribution in [-0.4, -0.2) is 13.2 Å². The second-order valence-electron chi connectivity index (χ2n) is 5.38. The summed E-state index contributed by atoms with van der Waals surface area (Å²) >= 11 is 0. The van der Waals surface area contributed by atoms with Crippen LogP contribution < -0.4 is 5.73 Å². The number of hydrogen-bond acceptors (Lipinski definition) is 2. The van der Waals surface area contributed by atoms with Crippen LogP contribution in [0, 0.1) is 11.8 Å². The standard InChI is InChI=1S/C15H21NO/c16-15-13-4-2-1-3-11(13)5-6-14(15)12-7-9-17-10-8-12/h1-4,12,14-15H,5-10,16H2/t14-,15+/m1/s1. The molecular weight excluding hydrogens is 210 g/mol. The minimum atomic E-state index is 0.239. The molecule has 1 fully saturated rings. The molecule has 1 aliphatic heterocycles. The fourth-order valence-corrected chi connectivity index (χ4v) is 3.49. The first-order valence-electron chi connectivity index (χ1n) is 6.77. The van der Waals surface area contributed by atoms with Gasteiger partial charge in [-0.1, -0.05) is 24.3 Å². The maximum Gasteiger partial charge on any atom is 0.0468 e. The van der Waals surface area contributed by atoms with Crippen LogP contribution >= 0.6 is 0 Å². The molecule has 17 heavy (non-hydrogen) atoms. The summed E-state index contributed by atoms with van der Waals surface area (Å²) in [7, 11) is 0. The Balaban J connectivity index is 1.81. The highest BCUT2D eigenvalue weighted by atomic mass is 16.5. The van der Waals surface area contributed by atoms with E-state index in [4.69, 9.17) is 10.5 Å². The van der Waals surface area contributed by atoms with Crippen molar-refractivity contribution in [1.82, 2.24) is 0 Å². The monoisotopic (exact) mass is 231 g/mol. The molecule has 0 aromatic heterocycles. The van der Waals surface area contributed by atoms with Crippen molar-refractivity contribution in [3.8, 4) is 0 Å². The highest BCUT2D eigenvalue weighted by molar-refractivity contribution is 5.32. The van der Waals surface area contributed by atoms with Crippen LogP contribution in [0.3, 0.4) is 0 Å². The minimum absolute atomic E-state index is 0.239. The van der Waals surface area contributed by atoms with Crippen LogP contribution in [0.1, 0.15) is 36.4 Å². The summed E-state index contributed by atoms with van der Waals surface area (Å²) in [5, 5.41) is 0. The Kier molecular flexibility index (Phi) is 3.17. The molecule has 1 aromatic rings. The van der Waals surface area contributed by atoms with Crippen LogP contribution in [0.5, 0.6) is 0 Å². The molecule has 0 saturated carbocycles. The van der Waals surface area contributed by atoms with E-state index in [0.29, 0.717) is 5.92 Å². The van der Waals surface area contributed by atoms with E-state index >= 15 is 0 Å². The number of aryl methyl sites for hydroxylation is 1.